The van der Waals surface area contributed by atoms with E-state index in [-0.39, 0.29) is 0 Å². The number of hydrogen-bond acceptors (Lipinski definition) is 2. The molecule has 0 aromatic carbocycles. The zero-order valence-electron chi connectivity index (χ0n) is 7.66. The smallest absolute Gasteiger partial charge is 0.0211 e. The van der Waals surface area contributed by atoms with Crippen molar-refractivity contribution in [2.24, 2.45) is 0 Å². The van der Waals surface area contributed by atoms with Crippen LogP contribution in [0.15, 0.2) is 47.9 Å². The summed E-state index contributed by atoms with van der Waals surface area (Å²) < 4.78 is 0. The van der Waals surface area contributed by atoms with Crippen molar-refractivity contribution in [1.82, 2.24) is 0 Å². The quantitative estimate of drug-likeness (QED) is 0.376. The maximum atomic E-state index is 4.02. The molecule has 0 aromatic rings. The summed E-state index contributed by atoms with van der Waals surface area (Å²) in [5.74, 6) is 1.13. The molecule has 0 saturated carbocycles. The molecule has 0 bridgehead atoms. The fraction of sp³-hybridized carbons (Fsp3) is 0.273. The molecule has 0 heterocycles. The van der Waals surface area contributed by atoms with Crippen LogP contribution < -0.4 is 0 Å². The average molecular weight is 210 g/mol. The SMILES string of the molecule is C=CCCSSC1=CC=CCC1=C. The molecule has 0 aromatic heterocycles. The highest BCUT2D eigenvalue weighted by Gasteiger charge is 2.04. The van der Waals surface area contributed by atoms with Gasteiger partial charge in [-0.2, -0.15) is 0 Å². The van der Waals surface area contributed by atoms with Crippen molar-refractivity contribution >= 4 is 21.6 Å². The summed E-state index contributed by atoms with van der Waals surface area (Å²) in [7, 11) is 3.70. The van der Waals surface area contributed by atoms with Crippen molar-refractivity contribution in [2.45, 2.75) is 12.8 Å². The van der Waals surface area contributed by atoms with Crippen LogP contribution in [0.25, 0.3) is 0 Å². The predicted octanol–water partition coefficient (Wildman–Crippen LogP) is 4.34. The molecule has 1 aliphatic carbocycles. The first kappa shape index (κ1) is 10.7. The molecule has 0 unspecified atom stereocenters. The Bertz CT molecular complexity index is 249. The summed E-state index contributed by atoms with van der Waals surface area (Å²) in [5.41, 5.74) is 1.23. The summed E-state index contributed by atoms with van der Waals surface area (Å²) in [6, 6.07) is 0. The van der Waals surface area contributed by atoms with Crippen molar-refractivity contribution in [1.29, 1.82) is 0 Å². The maximum Gasteiger partial charge on any atom is 0.0211 e. The maximum absolute atomic E-state index is 4.02. The summed E-state index contributed by atoms with van der Waals surface area (Å²) in [4.78, 5) is 1.32. The van der Waals surface area contributed by atoms with Crippen molar-refractivity contribution in [3.05, 3.63) is 47.9 Å². The summed E-state index contributed by atoms with van der Waals surface area (Å²) in [6.07, 6.45) is 10.4. The van der Waals surface area contributed by atoms with E-state index >= 15 is 0 Å². The lowest BCUT2D eigenvalue weighted by Crippen LogP contribution is -1.85. The fourth-order valence-electron chi connectivity index (χ4n) is 0.907. The van der Waals surface area contributed by atoms with E-state index < -0.39 is 0 Å². The van der Waals surface area contributed by atoms with Crippen molar-refractivity contribution in [3.63, 3.8) is 0 Å². The predicted molar refractivity (Wildman–Crippen MR) is 65.8 cm³/mol. The van der Waals surface area contributed by atoms with Crippen molar-refractivity contribution < 1.29 is 0 Å². The van der Waals surface area contributed by atoms with Crippen LogP contribution in [0.3, 0.4) is 0 Å². The Hall–Kier alpha value is -0.340. The van der Waals surface area contributed by atoms with Gasteiger partial charge >= 0.3 is 0 Å². The molecule has 0 atom stereocenters. The Kier molecular flexibility index (Phi) is 5.09. The summed E-state index contributed by atoms with van der Waals surface area (Å²) >= 11 is 0. The van der Waals surface area contributed by atoms with Gasteiger partial charge in [0.25, 0.3) is 0 Å². The van der Waals surface area contributed by atoms with Gasteiger partial charge in [0.2, 0.25) is 0 Å². The van der Waals surface area contributed by atoms with E-state index in [1.165, 1.54) is 10.5 Å². The second-order valence-corrected chi connectivity index (χ2v) is 5.21. The first-order chi connectivity index (χ1) is 6.34. The molecule has 70 valence electrons. The summed E-state index contributed by atoms with van der Waals surface area (Å²) in [6.45, 7) is 7.71. The van der Waals surface area contributed by atoms with Gasteiger partial charge in [-0.15, -0.1) is 6.58 Å². The highest BCUT2D eigenvalue weighted by atomic mass is 33.1. The molecule has 1 rings (SSSR count). The molecular weight excluding hydrogens is 196 g/mol. The number of rotatable bonds is 5. The highest BCUT2D eigenvalue weighted by Crippen LogP contribution is 2.37. The van der Waals surface area contributed by atoms with Gasteiger partial charge in [-0.25, -0.2) is 0 Å². The van der Waals surface area contributed by atoms with E-state index in [0.717, 1.165) is 18.6 Å². The Morgan fingerprint density at radius 1 is 1.54 bits per heavy atom. The molecule has 0 fully saturated rings. The minimum absolute atomic E-state index is 1.00. The number of hydrogen-bond donors (Lipinski definition) is 0. The molecule has 0 nitrogen and oxygen atoms in total. The Morgan fingerprint density at radius 3 is 3.08 bits per heavy atom. The summed E-state index contributed by atoms with van der Waals surface area (Å²) in [5, 5.41) is 0. The van der Waals surface area contributed by atoms with Gasteiger partial charge < -0.3 is 0 Å². The van der Waals surface area contributed by atoms with Gasteiger partial charge in [0, 0.05) is 10.7 Å². The molecule has 0 spiro atoms. The average Bonchev–Trinajstić information content (AvgIpc) is 2.15. The normalized spacial score (nSPS) is 15.7. The van der Waals surface area contributed by atoms with Crippen molar-refractivity contribution in [2.75, 3.05) is 5.75 Å². The molecule has 1 aliphatic rings. The molecule has 13 heavy (non-hydrogen) atoms. The van der Waals surface area contributed by atoms with Gasteiger partial charge in [-0.3, -0.25) is 0 Å². The lowest BCUT2D eigenvalue weighted by molar-refractivity contribution is 1.26. The Morgan fingerprint density at radius 2 is 2.38 bits per heavy atom. The third-order valence-electron chi connectivity index (χ3n) is 1.65. The second-order valence-electron chi connectivity index (χ2n) is 2.75. The zero-order valence-corrected chi connectivity index (χ0v) is 9.29. The van der Waals surface area contributed by atoms with E-state index in [9.17, 15) is 0 Å². The molecular formula is C11H14S2. The van der Waals surface area contributed by atoms with E-state index in [1.807, 2.05) is 27.7 Å². The van der Waals surface area contributed by atoms with Crippen LogP contribution in [-0.4, -0.2) is 5.75 Å². The highest BCUT2D eigenvalue weighted by molar-refractivity contribution is 8.78. The fourth-order valence-corrected chi connectivity index (χ4v) is 3.16. The molecule has 0 saturated heterocycles. The van der Waals surface area contributed by atoms with Crippen LogP contribution >= 0.6 is 21.6 Å². The van der Waals surface area contributed by atoms with Crippen LogP contribution in [0, 0.1) is 0 Å². The van der Waals surface area contributed by atoms with Gasteiger partial charge in [0.15, 0.2) is 0 Å². The van der Waals surface area contributed by atoms with Crippen LogP contribution in [0.2, 0.25) is 0 Å². The lowest BCUT2D eigenvalue weighted by atomic mass is 10.1. The lowest BCUT2D eigenvalue weighted by Gasteiger charge is -2.09. The monoisotopic (exact) mass is 210 g/mol. The molecule has 0 amide bonds. The first-order valence-electron chi connectivity index (χ1n) is 4.30. The van der Waals surface area contributed by atoms with Crippen molar-refractivity contribution in [3.8, 4) is 0 Å². The van der Waals surface area contributed by atoms with Crippen LogP contribution in [0.4, 0.5) is 0 Å². The topological polar surface area (TPSA) is 0 Å². The van der Waals surface area contributed by atoms with Crippen LogP contribution in [-0.2, 0) is 0 Å². The largest absolute Gasteiger partial charge is 0.103 e. The van der Waals surface area contributed by atoms with E-state index in [2.05, 4.69) is 31.4 Å². The number of allylic oxidation sites excluding steroid dienone is 5. The third kappa shape index (κ3) is 3.92. The van der Waals surface area contributed by atoms with E-state index in [1.54, 1.807) is 0 Å². The first-order valence-corrected chi connectivity index (χ1v) is 6.62. The standard InChI is InChI=1S/C11H14S2/c1-3-4-9-12-13-11-8-6-5-7-10(11)2/h3,5-6,8H,1-2,4,7,9H2. The van der Waals surface area contributed by atoms with Gasteiger partial charge in [0.1, 0.15) is 0 Å². The van der Waals surface area contributed by atoms with Crippen LogP contribution in [0.1, 0.15) is 12.8 Å². The zero-order chi connectivity index (χ0) is 9.52. The molecule has 0 N–H and O–H groups in total. The molecule has 0 aliphatic heterocycles. The molecule has 2 heteroatoms. The van der Waals surface area contributed by atoms with E-state index in [4.69, 9.17) is 0 Å². The van der Waals surface area contributed by atoms with Gasteiger partial charge in [0.05, 0.1) is 0 Å². The third-order valence-corrected chi connectivity index (χ3v) is 4.17. The van der Waals surface area contributed by atoms with Gasteiger partial charge in [-0.1, -0.05) is 46.4 Å². The Balaban J connectivity index is 2.27. The minimum Gasteiger partial charge on any atom is -0.103 e. The van der Waals surface area contributed by atoms with Gasteiger partial charge in [-0.05, 0) is 24.5 Å². The Labute approximate surface area is 88.3 Å². The van der Waals surface area contributed by atoms with Crippen LogP contribution in [0.5, 0.6) is 0 Å². The minimum atomic E-state index is 1.00. The van der Waals surface area contributed by atoms with E-state index in [0.29, 0.717) is 0 Å². The second kappa shape index (κ2) is 6.17. The molecule has 0 radical (unpaired) electrons.